The van der Waals surface area contributed by atoms with Gasteiger partial charge in [0.15, 0.2) is 0 Å². The van der Waals surface area contributed by atoms with Crippen LogP contribution in [0.1, 0.15) is 73.1 Å². The van der Waals surface area contributed by atoms with Gasteiger partial charge >= 0.3 is 0 Å². The molecule has 0 radical (unpaired) electrons. The number of para-hydroxylation sites is 3. The molecule has 2 atom stereocenters. The highest BCUT2D eigenvalue weighted by Crippen LogP contribution is 2.53. The Hall–Kier alpha value is -7.10. The van der Waals surface area contributed by atoms with Gasteiger partial charge in [0.25, 0.3) is 0 Å². The van der Waals surface area contributed by atoms with Crippen molar-refractivity contribution in [3.63, 3.8) is 0 Å². The van der Waals surface area contributed by atoms with Gasteiger partial charge in [-0.3, -0.25) is 0 Å². The maximum Gasteiger partial charge on any atom is 0.137 e. The summed E-state index contributed by atoms with van der Waals surface area (Å²) in [7, 11) is 0. The number of hydrogen-bond donors (Lipinski definition) is 0. The Morgan fingerprint density at radius 3 is 1.75 bits per heavy atom. The zero-order valence-corrected chi connectivity index (χ0v) is 34.2. The second kappa shape index (κ2) is 13.5. The van der Waals surface area contributed by atoms with E-state index in [9.17, 15) is 0 Å². The van der Waals surface area contributed by atoms with Crippen molar-refractivity contribution in [3.05, 3.63) is 198 Å². The molecule has 3 aromatic heterocycles. The number of nitrogens with zero attached hydrogens (tertiary/aromatic N) is 2. The molecular weight excluding hydrogens is 741 g/mol. The lowest BCUT2D eigenvalue weighted by Gasteiger charge is -2.18. The molecule has 2 bridgehead atoms. The molecule has 2 aliphatic carbocycles. The van der Waals surface area contributed by atoms with Crippen molar-refractivity contribution in [2.24, 2.45) is 0 Å². The smallest absolute Gasteiger partial charge is 0.137 e. The summed E-state index contributed by atoms with van der Waals surface area (Å²) in [6.07, 6.45) is 8.34. The minimum Gasteiger partial charge on any atom is -0.456 e. The van der Waals surface area contributed by atoms with Gasteiger partial charge in [-0.25, -0.2) is 0 Å². The summed E-state index contributed by atoms with van der Waals surface area (Å²) in [5.41, 5.74) is 18.7. The van der Waals surface area contributed by atoms with E-state index in [1.807, 2.05) is 6.07 Å². The normalized spacial score (nSPS) is 16.3. The third kappa shape index (κ3) is 5.23. The van der Waals surface area contributed by atoms with Crippen LogP contribution in [-0.2, 0) is 0 Å². The number of fused-ring (bicyclic) bond motifs is 16. The van der Waals surface area contributed by atoms with Crippen molar-refractivity contribution < 1.29 is 4.42 Å². The fraction of sp³-hybridized carbons (Fsp3) is 0.138. The number of rotatable bonds is 6. The van der Waals surface area contributed by atoms with Gasteiger partial charge < -0.3 is 13.6 Å². The molecule has 0 aliphatic heterocycles. The largest absolute Gasteiger partial charge is 0.456 e. The number of unbranched alkanes of at least 4 members (excludes halogenated alkanes) is 1. The Bertz CT molecular complexity index is 3570. The van der Waals surface area contributed by atoms with Gasteiger partial charge in [-0.2, -0.15) is 0 Å². The fourth-order valence-corrected chi connectivity index (χ4v) is 11.3. The molecule has 13 rings (SSSR count). The van der Waals surface area contributed by atoms with Crippen molar-refractivity contribution >= 4 is 71.1 Å². The maximum atomic E-state index is 6.38. The van der Waals surface area contributed by atoms with Crippen LogP contribution >= 0.6 is 0 Å². The predicted molar refractivity (Wildman–Crippen MR) is 256 cm³/mol. The van der Waals surface area contributed by atoms with E-state index < -0.39 is 0 Å². The van der Waals surface area contributed by atoms with E-state index in [0.29, 0.717) is 11.8 Å². The summed E-state index contributed by atoms with van der Waals surface area (Å²) < 4.78 is 11.3. The molecule has 8 aromatic carbocycles. The second-order valence-corrected chi connectivity index (χ2v) is 17.4. The third-order valence-corrected chi connectivity index (χ3v) is 14.1. The SMILES string of the molecule is CCC/C=C(\c1ccc(-n2c3ccccc3c3cc4c(cc32)C2CCC(C2)c2ccccc2-4)cc1)c1ccc(-n2c3ccccc3c3cc4c(cc32)oc2ccccc24)cc1. The van der Waals surface area contributed by atoms with E-state index in [1.54, 1.807) is 5.56 Å². The van der Waals surface area contributed by atoms with Crippen molar-refractivity contribution in [1.29, 1.82) is 0 Å². The van der Waals surface area contributed by atoms with Gasteiger partial charge in [0.05, 0.1) is 22.1 Å². The first-order chi connectivity index (χ1) is 30.2. The molecule has 0 amide bonds. The van der Waals surface area contributed by atoms with Crippen LogP contribution in [-0.4, -0.2) is 9.13 Å². The minimum atomic E-state index is 0.603. The monoisotopic (exact) mass is 784 g/mol. The van der Waals surface area contributed by atoms with Gasteiger partial charge in [0.2, 0.25) is 0 Å². The number of hydrogen-bond acceptors (Lipinski definition) is 1. The van der Waals surface area contributed by atoms with Crippen molar-refractivity contribution in [1.82, 2.24) is 9.13 Å². The van der Waals surface area contributed by atoms with E-state index >= 15 is 0 Å². The lowest BCUT2D eigenvalue weighted by Crippen LogP contribution is -1.99. The second-order valence-electron chi connectivity index (χ2n) is 17.4. The molecule has 0 spiro atoms. The van der Waals surface area contributed by atoms with E-state index in [0.717, 1.165) is 46.0 Å². The van der Waals surface area contributed by atoms with Crippen LogP contribution in [0.2, 0.25) is 0 Å². The van der Waals surface area contributed by atoms with Crippen LogP contribution in [0.25, 0.3) is 93.6 Å². The predicted octanol–water partition coefficient (Wildman–Crippen LogP) is 16.0. The first-order valence-electron chi connectivity index (χ1n) is 22.1. The number of aromatic nitrogens is 2. The fourth-order valence-electron chi connectivity index (χ4n) is 11.3. The number of allylic oxidation sites excluding steroid dienone is 1. The van der Waals surface area contributed by atoms with Crippen molar-refractivity contribution in [3.8, 4) is 22.5 Å². The topological polar surface area (TPSA) is 23.0 Å². The summed E-state index contributed by atoms with van der Waals surface area (Å²) in [4.78, 5) is 0. The van der Waals surface area contributed by atoms with Gasteiger partial charge in [-0.05, 0) is 137 Å². The molecule has 3 heteroatoms. The van der Waals surface area contributed by atoms with Gasteiger partial charge in [0.1, 0.15) is 11.2 Å². The lowest BCUT2D eigenvalue weighted by atomic mass is 9.87. The maximum absolute atomic E-state index is 6.38. The summed E-state index contributed by atoms with van der Waals surface area (Å²) in [6, 6.07) is 63.4. The highest BCUT2D eigenvalue weighted by atomic mass is 16.3. The molecule has 292 valence electrons. The van der Waals surface area contributed by atoms with Crippen LogP contribution < -0.4 is 0 Å². The van der Waals surface area contributed by atoms with Crippen LogP contribution in [0.15, 0.2) is 180 Å². The van der Waals surface area contributed by atoms with E-state index in [2.05, 4.69) is 186 Å². The molecule has 0 N–H and O–H groups in total. The Morgan fingerprint density at radius 2 is 1.07 bits per heavy atom. The van der Waals surface area contributed by atoms with Crippen LogP contribution in [0, 0.1) is 0 Å². The average Bonchev–Trinajstić information content (AvgIpc) is 4.08. The Balaban J connectivity index is 0.900. The van der Waals surface area contributed by atoms with Gasteiger partial charge in [-0.15, -0.1) is 0 Å². The highest BCUT2D eigenvalue weighted by molar-refractivity contribution is 6.17. The molecule has 3 heterocycles. The first kappa shape index (κ1) is 34.7. The summed E-state index contributed by atoms with van der Waals surface area (Å²) in [6.45, 7) is 2.26. The Labute approximate surface area is 354 Å². The van der Waals surface area contributed by atoms with Crippen molar-refractivity contribution in [2.75, 3.05) is 0 Å². The standard InChI is InChI=1S/C58H44N2O/c1-2-3-12-42(37-25-29-41(30-26-37)60-54-19-10-7-16-46(54)51-33-52-47-17-8-11-20-57(47)61-58(52)35-56(51)60)36-23-27-40(28-24-36)59-53-18-9-6-15-45(53)50-32-49-44-14-5-4-13-43(44)38-21-22-39(31-38)48(49)34-55(50)59/h4-20,23-30,32-35,38-39H,2-3,21-22,31H2,1H3/b42-12+. The molecule has 1 fully saturated rings. The first-order valence-corrected chi connectivity index (χ1v) is 22.1. The minimum absolute atomic E-state index is 0.603. The van der Waals surface area contributed by atoms with Crippen LogP contribution in [0.3, 0.4) is 0 Å². The zero-order chi connectivity index (χ0) is 40.2. The van der Waals surface area contributed by atoms with E-state index in [-0.39, 0.29) is 0 Å². The molecule has 1 saturated carbocycles. The summed E-state index contributed by atoms with van der Waals surface area (Å²) >= 11 is 0. The van der Waals surface area contributed by atoms with E-state index in [1.165, 1.54) is 96.4 Å². The molecule has 0 saturated heterocycles. The molecule has 11 aromatic rings. The third-order valence-electron chi connectivity index (χ3n) is 14.1. The van der Waals surface area contributed by atoms with Gasteiger partial charge in [0, 0.05) is 49.8 Å². The van der Waals surface area contributed by atoms with Gasteiger partial charge in [-0.1, -0.05) is 123 Å². The van der Waals surface area contributed by atoms with Crippen LogP contribution in [0.4, 0.5) is 0 Å². The lowest BCUT2D eigenvalue weighted by molar-refractivity contribution is 0.669. The molecule has 2 unspecified atom stereocenters. The average molecular weight is 785 g/mol. The number of benzene rings is 8. The highest BCUT2D eigenvalue weighted by Gasteiger charge is 2.34. The summed E-state index contributed by atoms with van der Waals surface area (Å²) in [5.74, 6) is 1.26. The van der Waals surface area contributed by atoms with Crippen LogP contribution in [0.5, 0.6) is 0 Å². The Kier molecular flexibility index (Phi) is 7.66. The summed E-state index contributed by atoms with van der Waals surface area (Å²) in [5, 5.41) is 7.43. The van der Waals surface area contributed by atoms with Crippen molar-refractivity contribution in [2.45, 2.75) is 50.9 Å². The Morgan fingerprint density at radius 1 is 0.492 bits per heavy atom. The molecule has 61 heavy (non-hydrogen) atoms. The molecule has 2 aliphatic rings. The molecular formula is C58H44N2O. The van der Waals surface area contributed by atoms with E-state index in [4.69, 9.17) is 4.42 Å². The molecule has 3 nitrogen and oxygen atoms in total. The zero-order valence-electron chi connectivity index (χ0n) is 34.2. The number of furan rings is 1. The quantitative estimate of drug-likeness (QED) is 0.165.